The molecule has 1 heterocycles. The van der Waals surface area contributed by atoms with Crippen molar-refractivity contribution in [2.45, 2.75) is 45.4 Å². The van der Waals surface area contributed by atoms with Crippen molar-refractivity contribution in [3.63, 3.8) is 0 Å². The third kappa shape index (κ3) is 3.74. The number of benzene rings is 1. The van der Waals surface area contributed by atoms with Crippen molar-refractivity contribution < 1.29 is 4.74 Å². The third-order valence-corrected chi connectivity index (χ3v) is 3.65. The number of unbranched alkanes of at least 4 members (excludes halogenated alkanes) is 1. The quantitative estimate of drug-likeness (QED) is 0.802. The van der Waals surface area contributed by atoms with Crippen molar-refractivity contribution in [1.82, 2.24) is 5.32 Å². The van der Waals surface area contributed by atoms with Gasteiger partial charge >= 0.3 is 0 Å². The molecule has 0 amide bonds. The van der Waals surface area contributed by atoms with Gasteiger partial charge in [-0.3, -0.25) is 0 Å². The summed E-state index contributed by atoms with van der Waals surface area (Å²) in [6, 6.07) is 6.72. The molecular formula is C16H25NO. The highest BCUT2D eigenvalue weighted by Gasteiger charge is 2.16. The summed E-state index contributed by atoms with van der Waals surface area (Å²) in [5, 5.41) is 3.42. The molecule has 100 valence electrons. The first-order valence-corrected chi connectivity index (χ1v) is 7.24. The fourth-order valence-corrected chi connectivity index (χ4v) is 2.59. The number of rotatable bonds is 5. The van der Waals surface area contributed by atoms with E-state index in [-0.39, 0.29) is 0 Å². The molecule has 18 heavy (non-hydrogen) atoms. The molecule has 0 radical (unpaired) electrons. The Morgan fingerprint density at radius 3 is 2.72 bits per heavy atom. The fraction of sp³-hybridized carbons (Fsp3) is 0.625. The van der Waals surface area contributed by atoms with Crippen molar-refractivity contribution >= 4 is 0 Å². The van der Waals surface area contributed by atoms with Crippen LogP contribution >= 0.6 is 0 Å². The molecular weight excluding hydrogens is 222 g/mol. The third-order valence-electron chi connectivity index (χ3n) is 3.65. The van der Waals surface area contributed by atoms with Gasteiger partial charge in [-0.05, 0) is 68.5 Å². The van der Waals surface area contributed by atoms with Gasteiger partial charge in [0.2, 0.25) is 0 Å². The van der Waals surface area contributed by atoms with Gasteiger partial charge in [-0.1, -0.05) is 19.4 Å². The Kier molecular flexibility index (Phi) is 5.06. The van der Waals surface area contributed by atoms with Crippen LogP contribution in [-0.2, 0) is 0 Å². The zero-order valence-corrected chi connectivity index (χ0v) is 11.7. The van der Waals surface area contributed by atoms with E-state index in [1.54, 1.807) is 0 Å². The predicted molar refractivity (Wildman–Crippen MR) is 76.4 cm³/mol. The maximum absolute atomic E-state index is 5.84. The summed E-state index contributed by atoms with van der Waals surface area (Å²) in [6.07, 6.45) is 4.82. The second-order valence-electron chi connectivity index (χ2n) is 5.31. The van der Waals surface area contributed by atoms with Crippen molar-refractivity contribution in [3.8, 4) is 5.75 Å². The molecule has 0 saturated carbocycles. The Bertz CT molecular complexity index is 369. The van der Waals surface area contributed by atoms with Crippen molar-refractivity contribution in [2.75, 3.05) is 19.7 Å². The first-order valence-electron chi connectivity index (χ1n) is 7.24. The Hall–Kier alpha value is -1.02. The van der Waals surface area contributed by atoms with E-state index in [0.29, 0.717) is 5.92 Å². The molecule has 2 nitrogen and oxygen atoms in total. The lowest BCUT2D eigenvalue weighted by molar-refractivity contribution is 0.308. The molecule has 1 aromatic rings. The van der Waals surface area contributed by atoms with Crippen LogP contribution in [0.25, 0.3) is 0 Å². The van der Waals surface area contributed by atoms with Crippen LogP contribution in [0.3, 0.4) is 0 Å². The van der Waals surface area contributed by atoms with Gasteiger partial charge in [-0.25, -0.2) is 0 Å². The molecule has 1 saturated heterocycles. The molecule has 1 aliphatic heterocycles. The number of aryl methyl sites for hydroxylation is 1. The highest BCUT2D eigenvalue weighted by molar-refractivity contribution is 5.36. The van der Waals surface area contributed by atoms with Crippen LogP contribution in [0.15, 0.2) is 18.2 Å². The molecule has 0 aliphatic carbocycles. The average Bonchev–Trinajstić information content (AvgIpc) is 2.39. The molecule has 1 fully saturated rings. The summed E-state index contributed by atoms with van der Waals surface area (Å²) in [4.78, 5) is 0. The summed E-state index contributed by atoms with van der Waals surface area (Å²) in [5.74, 6) is 1.76. The van der Waals surface area contributed by atoms with E-state index in [9.17, 15) is 0 Å². The van der Waals surface area contributed by atoms with Gasteiger partial charge in [0, 0.05) is 0 Å². The largest absolute Gasteiger partial charge is 0.494 e. The normalized spacial score (nSPS) is 16.8. The number of piperidine rings is 1. The van der Waals surface area contributed by atoms with Gasteiger partial charge in [0.15, 0.2) is 0 Å². The number of ether oxygens (including phenoxy) is 1. The van der Waals surface area contributed by atoms with Gasteiger partial charge in [0.1, 0.15) is 5.75 Å². The minimum absolute atomic E-state index is 0.708. The average molecular weight is 247 g/mol. The Labute approximate surface area is 111 Å². The molecule has 0 unspecified atom stereocenters. The topological polar surface area (TPSA) is 21.3 Å². The van der Waals surface area contributed by atoms with E-state index >= 15 is 0 Å². The second-order valence-corrected chi connectivity index (χ2v) is 5.31. The second kappa shape index (κ2) is 6.79. The molecule has 0 spiro atoms. The maximum atomic E-state index is 5.84. The summed E-state index contributed by atoms with van der Waals surface area (Å²) in [6.45, 7) is 7.48. The molecule has 1 aliphatic rings. The van der Waals surface area contributed by atoms with Gasteiger partial charge in [-0.15, -0.1) is 0 Å². The smallest absolute Gasteiger partial charge is 0.119 e. The first-order chi connectivity index (χ1) is 8.79. The SMILES string of the molecule is CCCCOc1cc(C)cc(C2CCNCC2)c1. The summed E-state index contributed by atoms with van der Waals surface area (Å²) < 4.78 is 5.84. The van der Waals surface area contributed by atoms with Crippen LogP contribution in [0.1, 0.15) is 49.7 Å². The standard InChI is InChI=1S/C16H25NO/c1-3-4-9-18-16-11-13(2)10-15(12-16)14-5-7-17-8-6-14/h10-12,14,17H,3-9H2,1-2H3. The predicted octanol–water partition coefficient (Wildman–Crippen LogP) is 3.64. The monoisotopic (exact) mass is 247 g/mol. The number of hydrogen-bond donors (Lipinski definition) is 1. The number of nitrogens with one attached hydrogen (secondary N) is 1. The fourth-order valence-electron chi connectivity index (χ4n) is 2.59. The Morgan fingerprint density at radius 2 is 2.00 bits per heavy atom. The van der Waals surface area contributed by atoms with Crippen LogP contribution < -0.4 is 10.1 Å². The van der Waals surface area contributed by atoms with E-state index in [1.165, 1.54) is 30.4 Å². The lowest BCUT2D eigenvalue weighted by atomic mass is 9.89. The van der Waals surface area contributed by atoms with Gasteiger partial charge < -0.3 is 10.1 Å². The van der Waals surface area contributed by atoms with Crippen molar-refractivity contribution in [1.29, 1.82) is 0 Å². The van der Waals surface area contributed by atoms with Gasteiger partial charge in [0.05, 0.1) is 6.61 Å². The van der Waals surface area contributed by atoms with Gasteiger partial charge in [0.25, 0.3) is 0 Å². The zero-order chi connectivity index (χ0) is 12.8. The summed E-state index contributed by atoms with van der Waals surface area (Å²) in [7, 11) is 0. The van der Waals surface area contributed by atoms with Crippen LogP contribution in [-0.4, -0.2) is 19.7 Å². The van der Waals surface area contributed by atoms with E-state index < -0.39 is 0 Å². The Morgan fingerprint density at radius 1 is 1.22 bits per heavy atom. The Balaban J connectivity index is 2.05. The molecule has 0 bridgehead atoms. The summed E-state index contributed by atoms with van der Waals surface area (Å²) in [5.41, 5.74) is 2.78. The minimum Gasteiger partial charge on any atom is -0.494 e. The lowest BCUT2D eigenvalue weighted by Crippen LogP contribution is -2.26. The number of hydrogen-bond acceptors (Lipinski definition) is 2. The maximum Gasteiger partial charge on any atom is 0.119 e. The van der Waals surface area contributed by atoms with Crippen molar-refractivity contribution in [3.05, 3.63) is 29.3 Å². The van der Waals surface area contributed by atoms with E-state index in [0.717, 1.165) is 31.9 Å². The van der Waals surface area contributed by atoms with Gasteiger partial charge in [-0.2, -0.15) is 0 Å². The molecule has 0 atom stereocenters. The van der Waals surface area contributed by atoms with Crippen LogP contribution in [0.5, 0.6) is 5.75 Å². The van der Waals surface area contributed by atoms with Crippen LogP contribution in [0.4, 0.5) is 0 Å². The van der Waals surface area contributed by atoms with E-state index in [1.807, 2.05) is 0 Å². The minimum atomic E-state index is 0.708. The summed E-state index contributed by atoms with van der Waals surface area (Å²) >= 11 is 0. The molecule has 2 rings (SSSR count). The molecule has 1 aromatic carbocycles. The van der Waals surface area contributed by atoms with Crippen LogP contribution in [0, 0.1) is 6.92 Å². The van der Waals surface area contributed by atoms with E-state index in [4.69, 9.17) is 4.74 Å². The first kappa shape index (κ1) is 13.4. The highest BCUT2D eigenvalue weighted by atomic mass is 16.5. The van der Waals surface area contributed by atoms with Crippen LogP contribution in [0.2, 0.25) is 0 Å². The van der Waals surface area contributed by atoms with E-state index in [2.05, 4.69) is 37.4 Å². The highest BCUT2D eigenvalue weighted by Crippen LogP contribution is 2.29. The van der Waals surface area contributed by atoms with Crippen molar-refractivity contribution in [2.24, 2.45) is 0 Å². The zero-order valence-electron chi connectivity index (χ0n) is 11.7. The molecule has 0 aromatic heterocycles. The lowest BCUT2D eigenvalue weighted by Gasteiger charge is -2.23. The molecule has 1 N–H and O–H groups in total. The molecule has 2 heteroatoms.